The largest absolute Gasteiger partial charge is 0.496 e. The van der Waals surface area contributed by atoms with E-state index in [9.17, 15) is 14.9 Å². The minimum Gasteiger partial charge on any atom is -0.496 e. The molecule has 10 heteroatoms. The first-order valence-electron chi connectivity index (χ1n) is 11.8. The first kappa shape index (κ1) is 24.1. The number of carbonyl (C=O) groups excluding carboxylic acids is 2. The Morgan fingerprint density at radius 1 is 1.22 bits per heavy atom. The maximum absolute atomic E-state index is 12.4. The fourth-order valence-corrected chi connectivity index (χ4v) is 4.31. The van der Waals surface area contributed by atoms with Gasteiger partial charge in [-0.1, -0.05) is 18.2 Å². The fraction of sp³-hybridized carbons (Fsp3) is 0.259. The smallest absolute Gasteiger partial charge is 0.415 e. The van der Waals surface area contributed by atoms with Crippen LogP contribution in [0, 0.1) is 11.3 Å². The molecule has 1 aromatic heterocycles. The van der Waals surface area contributed by atoms with Gasteiger partial charge in [0.2, 0.25) is 0 Å². The van der Waals surface area contributed by atoms with Crippen molar-refractivity contribution in [1.29, 1.82) is 5.26 Å². The number of ether oxygens (including phenoxy) is 3. The van der Waals surface area contributed by atoms with Crippen molar-refractivity contribution < 1.29 is 23.8 Å². The van der Waals surface area contributed by atoms with Crippen LogP contribution in [-0.2, 0) is 16.1 Å². The summed E-state index contributed by atoms with van der Waals surface area (Å²) in [4.78, 5) is 29.8. The number of methoxy groups -OCH3 is 1. The topological polar surface area (TPSA) is 126 Å². The van der Waals surface area contributed by atoms with E-state index in [0.717, 1.165) is 16.7 Å². The van der Waals surface area contributed by atoms with Gasteiger partial charge in [0.05, 0.1) is 25.3 Å². The lowest BCUT2D eigenvalue weighted by molar-refractivity contribution is -0.118. The molecule has 0 aliphatic carbocycles. The zero-order chi connectivity index (χ0) is 25.8. The SMILES string of the molecule is COc1ccc(C#N)cc1-c1cccc(CNCCC2CN(c3ccc4c(n3)NC(=O)CO4)C(=O)O2)c1. The molecule has 3 heterocycles. The van der Waals surface area contributed by atoms with Crippen LogP contribution in [-0.4, -0.2) is 49.9 Å². The van der Waals surface area contributed by atoms with Crippen molar-refractivity contribution in [3.63, 3.8) is 0 Å². The summed E-state index contributed by atoms with van der Waals surface area (Å²) >= 11 is 0. The Balaban J connectivity index is 1.16. The lowest BCUT2D eigenvalue weighted by Gasteiger charge is -2.19. The Kier molecular flexibility index (Phi) is 6.87. The molecule has 2 N–H and O–H groups in total. The second-order valence-corrected chi connectivity index (χ2v) is 8.66. The van der Waals surface area contributed by atoms with E-state index < -0.39 is 6.09 Å². The van der Waals surface area contributed by atoms with Crippen molar-refractivity contribution in [2.24, 2.45) is 0 Å². The third kappa shape index (κ3) is 5.32. The molecule has 2 aromatic carbocycles. The molecule has 0 saturated carbocycles. The number of nitrogens with one attached hydrogen (secondary N) is 2. The Morgan fingerprint density at radius 2 is 2.11 bits per heavy atom. The molecule has 0 radical (unpaired) electrons. The third-order valence-electron chi connectivity index (χ3n) is 6.15. The summed E-state index contributed by atoms with van der Waals surface area (Å²) in [7, 11) is 1.61. The maximum atomic E-state index is 12.4. The molecule has 2 amide bonds. The average Bonchev–Trinajstić information content (AvgIpc) is 3.30. The van der Waals surface area contributed by atoms with Gasteiger partial charge < -0.3 is 24.8 Å². The molecule has 2 aliphatic heterocycles. The highest BCUT2D eigenvalue weighted by molar-refractivity contribution is 5.95. The number of rotatable bonds is 8. The number of fused-ring (bicyclic) bond motifs is 1. The quantitative estimate of drug-likeness (QED) is 0.452. The molecule has 3 aromatic rings. The second-order valence-electron chi connectivity index (χ2n) is 8.66. The van der Waals surface area contributed by atoms with Crippen LogP contribution in [0.5, 0.6) is 11.5 Å². The third-order valence-corrected chi connectivity index (χ3v) is 6.15. The van der Waals surface area contributed by atoms with E-state index in [1.807, 2.05) is 24.3 Å². The van der Waals surface area contributed by atoms with Crippen LogP contribution < -0.4 is 25.0 Å². The van der Waals surface area contributed by atoms with E-state index in [2.05, 4.69) is 27.8 Å². The van der Waals surface area contributed by atoms with Gasteiger partial charge in [0, 0.05) is 12.1 Å². The lowest BCUT2D eigenvalue weighted by atomic mass is 10.00. The molecular weight excluding hydrogens is 474 g/mol. The number of carbonyl (C=O) groups is 2. The summed E-state index contributed by atoms with van der Waals surface area (Å²) in [6.45, 7) is 1.59. The van der Waals surface area contributed by atoms with Crippen molar-refractivity contribution in [2.75, 3.05) is 37.0 Å². The van der Waals surface area contributed by atoms with Gasteiger partial charge >= 0.3 is 6.09 Å². The summed E-state index contributed by atoms with van der Waals surface area (Å²) in [5.41, 5.74) is 3.48. The predicted octanol–water partition coefficient (Wildman–Crippen LogP) is 3.46. The zero-order valence-corrected chi connectivity index (χ0v) is 20.2. The van der Waals surface area contributed by atoms with Crippen molar-refractivity contribution >= 4 is 23.6 Å². The number of hydrogen-bond donors (Lipinski definition) is 2. The molecule has 1 unspecified atom stereocenters. The predicted molar refractivity (Wildman–Crippen MR) is 135 cm³/mol. The molecule has 37 heavy (non-hydrogen) atoms. The first-order valence-corrected chi connectivity index (χ1v) is 11.8. The van der Waals surface area contributed by atoms with Crippen molar-refractivity contribution in [3.05, 3.63) is 65.7 Å². The monoisotopic (exact) mass is 499 g/mol. The van der Waals surface area contributed by atoms with Gasteiger partial charge in [0.25, 0.3) is 5.91 Å². The average molecular weight is 500 g/mol. The maximum Gasteiger partial charge on any atom is 0.415 e. The summed E-state index contributed by atoms with van der Waals surface area (Å²) < 4.78 is 16.3. The molecule has 2 aliphatic rings. The van der Waals surface area contributed by atoms with E-state index >= 15 is 0 Å². The lowest BCUT2D eigenvalue weighted by Crippen LogP contribution is -2.29. The van der Waals surface area contributed by atoms with Crippen LogP contribution in [0.25, 0.3) is 11.1 Å². The van der Waals surface area contributed by atoms with Crippen molar-refractivity contribution in [1.82, 2.24) is 10.3 Å². The van der Waals surface area contributed by atoms with Crippen LogP contribution in [0.15, 0.2) is 54.6 Å². The fourth-order valence-electron chi connectivity index (χ4n) is 4.31. The van der Waals surface area contributed by atoms with Crippen LogP contribution in [0.4, 0.5) is 16.4 Å². The Morgan fingerprint density at radius 3 is 2.95 bits per heavy atom. The van der Waals surface area contributed by atoms with Gasteiger partial charge in [0.1, 0.15) is 17.7 Å². The second kappa shape index (κ2) is 10.6. The van der Waals surface area contributed by atoms with Crippen LogP contribution in [0.1, 0.15) is 17.5 Å². The number of benzene rings is 2. The van der Waals surface area contributed by atoms with Gasteiger partial charge in [-0.25, -0.2) is 9.78 Å². The minimum absolute atomic E-state index is 0.0538. The van der Waals surface area contributed by atoms with Crippen LogP contribution in [0.2, 0.25) is 0 Å². The normalized spacial score (nSPS) is 16.3. The molecule has 1 fully saturated rings. The summed E-state index contributed by atoms with van der Waals surface area (Å²) in [5.74, 6) is 1.59. The standard InChI is InChI=1S/C27H25N5O5/c1-35-22-6-5-17(13-28)12-21(22)19-4-2-3-18(11-19)14-29-10-9-20-15-32(27(34)37-20)24-8-7-23-26(30-24)31-25(33)16-36-23/h2-8,11-12,20,29H,9-10,14-16H2,1H3,(H,30,31,33). The van der Waals surface area contributed by atoms with Crippen LogP contribution in [0.3, 0.4) is 0 Å². The number of amides is 2. The molecular formula is C27H25N5O5. The Bertz CT molecular complexity index is 1390. The Hall–Kier alpha value is -4.62. The van der Waals surface area contributed by atoms with E-state index in [-0.39, 0.29) is 18.6 Å². The number of anilines is 2. The van der Waals surface area contributed by atoms with E-state index in [4.69, 9.17) is 14.2 Å². The van der Waals surface area contributed by atoms with Crippen LogP contribution >= 0.6 is 0 Å². The molecule has 5 rings (SSSR count). The molecule has 10 nitrogen and oxygen atoms in total. The number of pyridine rings is 1. The van der Waals surface area contributed by atoms with Crippen molar-refractivity contribution in [2.45, 2.75) is 19.1 Å². The van der Waals surface area contributed by atoms with Gasteiger partial charge in [-0.05, 0) is 60.5 Å². The van der Waals surface area contributed by atoms with Gasteiger partial charge in [-0.2, -0.15) is 5.26 Å². The van der Waals surface area contributed by atoms with E-state index in [0.29, 0.717) is 54.8 Å². The molecule has 1 atom stereocenters. The van der Waals surface area contributed by atoms with Gasteiger partial charge in [0.15, 0.2) is 18.2 Å². The van der Waals surface area contributed by atoms with Gasteiger partial charge in [-0.15, -0.1) is 0 Å². The molecule has 1 saturated heterocycles. The first-order chi connectivity index (χ1) is 18.0. The summed E-state index contributed by atoms with van der Waals surface area (Å²) in [6.07, 6.45) is -0.125. The number of nitriles is 1. The number of hydrogen-bond acceptors (Lipinski definition) is 8. The minimum atomic E-state index is -0.471. The van der Waals surface area contributed by atoms with Crippen molar-refractivity contribution in [3.8, 4) is 28.7 Å². The zero-order valence-electron chi connectivity index (χ0n) is 20.2. The molecule has 0 bridgehead atoms. The highest BCUT2D eigenvalue weighted by atomic mass is 16.6. The highest BCUT2D eigenvalue weighted by Gasteiger charge is 2.33. The number of aromatic nitrogens is 1. The summed E-state index contributed by atoms with van der Waals surface area (Å²) in [6, 6.07) is 18.9. The number of cyclic esters (lactones) is 1. The summed E-state index contributed by atoms with van der Waals surface area (Å²) in [5, 5.41) is 15.3. The molecule has 0 spiro atoms. The van der Waals surface area contributed by atoms with E-state index in [1.165, 1.54) is 4.90 Å². The highest BCUT2D eigenvalue weighted by Crippen LogP contribution is 2.32. The number of nitrogens with zero attached hydrogens (tertiary/aromatic N) is 3. The molecule has 188 valence electrons. The van der Waals surface area contributed by atoms with Gasteiger partial charge in [-0.3, -0.25) is 9.69 Å². The Labute approximate surface area is 213 Å². The van der Waals surface area contributed by atoms with E-state index in [1.54, 1.807) is 31.4 Å².